The van der Waals surface area contributed by atoms with Gasteiger partial charge in [-0.1, -0.05) is 5.92 Å². The zero-order valence-corrected chi connectivity index (χ0v) is 16.7. The Morgan fingerprint density at radius 2 is 2.10 bits per heavy atom. The van der Waals surface area contributed by atoms with Gasteiger partial charge in [-0.2, -0.15) is 14.7 Å². The molecule has 2 aromatic rings. The van der Waals surface area contributed by atoms with E-state index in [-0.39, 0.29) is 6.17 Å². The van der Waals surface area contributed by atoms with E-state index in [2.05, 4.69) is 32.1 Å². The first kappa shape index (κ1) is 18.9. The monoisotopic (exact) mass is 391 g/mol. The van der Waals surface area contributed by atoms with E-state index in [1.807, 2.05) is 50.5 Å². The zero-order chi connectivity index (χ0) is 20.4. The molecule has 1 atom stereocenters. The predicted molar refractivity (Wildman–Crippen MR) is 109 cm³/mol. The summed E-state index contributed by atoms with van der Waals surface area (Å²) in [5, 5.41) is 11.7. The third kappa shape index (κ3) is 3.42. The molecule has 0 aliphatic carbocycles. The quantitative estimate of drug-likeness (QED) is 0.639. The second-order valence-corrected chi connectivity index (χ2v) is 7.02. The van der Waals surface area contributed by atoms with Crippen molar-refractivity contribution in [3.8, 4) is 23.3 Å². The molecule has 8 nitrogen and oxygen atoms in total. The highest BCUT2D eigenvalue weighted by molar-refractivity contribution is 5.85. The Kier molecular flexibility index (Phi) is 4.92. The highest BCUT2D eigenvalue weighted by atomic mass is 16.5. The number of fused-ring (bicyclic) bond motifs is 2. The Morgan fingerprint density at radius 3 is 2.90 bits per heavy atom. The Bertz CT molecular complexity index is 1090. The fourth-order valence-corrected chi connectivity index (χ4v) is 3.47. The summed E-state index contributed by atoms with van der Waals surface area (Å²) in [5.41, 5.74) is 7.26. The number of allylic oxidation sites excluding steroid dienone is 3. The van der Waals surface area contributed by atoms with Crippen LogP contribution in [-0.2, 0) is 0 Å². The van der Waals surface area contributed by atoms with Gasteiger partial charge in [0.15, 0.2) is 0 Å². The van der Waals surface area contributed by atoms with Crippen LogP contribution >= 0.6 is 0 Å². The number of nitrogens with zero attached hydrogens (tertiary/aromatic N) is 5. The van der Waals surface area contributed by atoms with Crippen LogP contribution in [0.25, 0.3) is 10.9 Å². The van der Waals surface area contributed by atoms with Gasteiger partial charge in [-0.3, -0.25) is 4.98 Å². The van der Waals surface area contributed by atoms with E-state index >= 15 is 0 Å². The molecule has 0 radical (unpaired) electrons. The summed E-state index contributed by atoms with van der Waals surface area (Å²) in [6.45, 7) is 0.653. The smallest absolute Gasteiger partial charge is 0.225 e. The van der Waals surface area contributed by atoms with E-state index < -0.39 is 0 Å². The van der Waals surface area contributed by atoms with Crippen molar-refractivity contribution in [2.24, 2.45) is 16.0 Å². The standard InChI is InChI=1S/C21H23N6O2/c1-27(2)15(5-4-11-22)6-9-20-24-25-21(26(20)27)14-29-19-10-12-23-18-13-16(28-3)7-8-17(18)19/h6-10,12-13,21H,11,14,22H2,1-3H3/q+1. The molecule has 3 heterocycles. The summed E-state index contributed by atoms with van der Waals surface area (Å²) in [6.07, 6.45) is 5.33. The van der Waals surface area contributed by atoms with Crippen molar-refractivity contribution in [2.45, 2.75) is 6.17 Å². The molecule has 0 amide bonds. The van der Waals surface area contributed by atoms with Crippen LogP contribution in [0.5, 0.6) is 11.5 Å². The predicted octanol–water partition coefficient (Wildman–Crippen LogP) is 2.41. The Morgan fingerprint density at radius 1 is 1.24 bits per heavy atom. The molecular formula is C21H23N6O2+. The van der Waals surface area contributed by atoms with Crippen molar-refractivity contribution in [3.63, 3.8) is 0 Å². The second-order valence-electron chi connectivity index (χ2n) is 7.02. The molecule has 148 valence electrons. The fourth-order valence-electron chi connectivity index (χ4n) is 3.47. The maximum absolute atomic E-state index is 6.15. The molecule has 29 heavy (non-hydrogen) atoms. The van der Waals surface area contributed by atoms with Crippen molar-refractivity contribution >= 4 is 10.9 Å². The average Bonchev–Trinajstić information content (AvgIpc) is 3.15. The minimum absolute atomic E-state index is 0.277. The summed E-state index contributed by atoms with van der Waals surface area (Å²) in [7, 11) is 5.72. The van der Waals surface area contributed by atoms with E-state index in [1.54, 1.807) is 13.3 Å². The fraction of sp³-hybridized carbons (Fsp3) is 0.286. The average molecular weight is 391 g/mol. The maximum Gasteiger partial charge on any atom is 0.225 e. The van der Waals surface area contributed by atoms with E-state index in [0.29, 0.717) is 17.7 Å². The van der Waals surface area contributed by atoms with Crippen LogP contribution < -0.4 is 15.2 Å². The number of methoxy groups -OCH3 is 1. The van der Waals surface area contributed by atoms with E-state index in [9.17, 15) is 0 Å². The lowest BCUT2D eigenvalue weighted by Gasteiger charge is -2.41. The van der Waals surface area contributed by atoms with Crippen LogP contribution in [0.15, 0.2) is 64.4 Å². The number of quaternary nitrogens is 1. The number of ether oxygens (including phenoxy) is 2. The summed E-state index contributed by atoms with van der Waals surface area (Å²) in [4.78, 5) is 4.40. The molecule has 2 aliphatic rings. The van der Waals surface area contributed by atoms with Crippen LogP contribution in [0, 0.1) is 11.8 Å². The van der Waals surface area contributed by atoms with Gasteiger partial charge in [-0.05, 0) is 30.2 Å². The molecule has 1 aromatic heterocycles. The van der Waals surface area contributed by atoms with Gasteiger partial charge in [0, 0.05) is 23.7 Å². The molecule has 2 N–H and O–H groups in total. The lowest BCUT2D eigenvalue weighted by Crippen LogP contribution is -2.57. The summed E-state index contributed by atoms with van der Waals surface area (Å²) < 4.78 is 11.8. The first-order valence-electron chi connectivity index (χ1n) is 9.26. The number of rotatable bonds is 4. The molecule has 1 aromatic carbocycles. The van der Waals surface area contributed by atoms with Gasteiger partial charge >= 0.3 is 0 Å². The van der Waals surface area contributed by atoms with Crippen molar-refractivity contribution < 1.29 is 14.1 Å². The molecule has 0 spiro atoms. The van der Waals surface area contributed by atoms with Crippen LogP contribution in [0.1, 0.15) is 0 Å². The van der Waals surface area contributed by atoms with Crippen LogP contribution in [0.4, 0.5) is 0 Å². The van der Waals surface area contributed by atoms with Crippen LogP contribution in [0.3, 0.4) is 0 Å². The van der Waals surface area contributed by atoms with Crippen molar-refractivity contribution in [3.05, 3.63) is 54.1 Å². The largest absolute Gasteiger partial charge is 0.497 e. The SMILES string of the molecule is COc1ccc2c(OCC3N=NC4=CC=C(C#CCN)[N+](C)(C)N43)ccnc2c1. The summed E-state index contributed by atoms with van der Waals surface area (Å²) in [5.74, 6) is 8.35. The number of hydrogen-bond donors (Lipinski definition) is 1. The van der Waals surface area contributed by atoms with Crippen molar-refractivity contribution in [2.75, 3.05) is 34.4 Å². The van der Waals surface area contributed by atoms with Gasteiger partial charge in [-0.25, -0.2) is 0 Å². The van der Waals surface area contributed by atoms with Crippen LogP contribution in [0.2, 0.25) is 0 Å². The van der Waals surface area contributed by atoms with Gasteiger partial charge in [0.25, 0.3) is 0 Å². The van der Waals surface area contributed by atoms with Gasteiger partial charge in [-0.15, -0.1) is 5.11 Å². The van der Waals surface area contributed by atoms with E-state index in [0.717, 1.165) is 33.9 Å². The summed E-state index contributed by atoms with van der Waals surface area (Å²) >= 11 is 0. The molecule has 1 unspecified atom stereocenters. The Labute approximate surface area is 169 Å². The third-order valence-corrected chi connectivity index (χ3v) is 4.95. The minimum Gasteiger partial charge on any atom is -0.497 e. The zero-order valence-electron chi connectivity index (χ0n) is 16.7. The molecule has 0 saturated heterocycles. The highest BCUT2D eigenvalue weighted by Crippen LogP contribution is 2.34. The first-order chi connectivity index (χ1) is 14.0. The van der Waals surface area contributed by atoms with Crippen molar-refractivity contribution in [1.82, 2.24) is 9.99 Å². The Balaban J connectivity index is 1.56. The second kappa shape index (κ2) is 7.54. The lowest BCUT2D eigenvalue weighted by molar-refractivity contribution is -0.965. The number of hydrogen-bond acceptors (Lipinski definition) is 7. The van der Waals surface area contributed by atoms with Crippen LogP contribution in [-0.4, -0.2) is 55.1 Å². The number of pyridine rings is 1. The third-order valence-electron chi connectivity index (χ3n) is 4.95. The minimum atomic E-state index is -0.277. The molecule has 0 fully saturated rings. The number of aromatic nitrogens is 1. The molecule has 4 rings (SSSR count). The van der Waals surface area contributed by atoms with E-state index in [1.165, 1.54) is 0 Å². The Hall–Kier alpha value is -3.41. The topological polar surface area (TPSA) is 85.3 Å². The lowest BCUT2D eigenvalue weighted by atomic mass is 10.2. The molecular weight excluding hydrogens is 368 g/mol. The van der Waals surface area contributed by atoms with Crippen molar-refractivity contribution in [1.29, 1.82) is 0 Å². The van der Waals surface area contributed by atoms with Gasteiger partial charge < -0.3 is 15.2 Å². The molecule has 0 saturated carbocycles. The highest BCUT2D eigenvalue weighted by Gasteiger charge is 2.44. The van der Waals surface area contributed by atoms with Gasteiger partial charge in [0.1, 0.15) is 18.1 Å². The normalized spacial score (nSPS) is 19.2. The first-order valence-corrected chi connectivity index (χ1v) is 9.26. The van der Waals surface area contributed by atoms with Gasteiger partial charge in [0.05, 0.1) is 33.3 Å². The van der Waals surface area contributed by atoms with E-state index in [4.69, 9.17) is 15.2 Å². The summed E-state index contributed by atoms with van der Waals surface area (Å²) in [6, 6.07) is 7.58. The van der Waals surface area contributed by atoms with Gasteiger partial charge in [0.2, 0.25) is 17.7 Å². The molecule has 2 aliphatic heterocycles. The maximum atomic E-state index is 6.15. The number of benzene rings is 1. The molecule has 8 heteroatoms. The molecule has 0 bridgehead atoms. The number of nitrogens with two attached hydrogens (primary N) is 1. The number of azo groups is 1.